The first-order chi connectivity index (χ1) is 15.0. The van der Waals surface area contributed by atoms with E-state index in [1.54, 1.807) is 0 Å². The van der Waals surface area contributed by atoms with E-state index in [4.69, 9.17) is 9.84 Å². The minimum absolute atomic E-state index is 0.0330. The van der Waals surface area contributed by atoms with Crippen LogP contribution >= 0.6 is 0 Å². The van der Waals surface area contributed by atoms with Crippen molar-refractivity contribution < 1.29 is 24.2 Å². The number of benzene rings is 2. The summed E-state index contributed by atoms with van der Waals surface area (Å²) in [5.74, 6) is 2.63. The number of alkyl carbamates (subject to hydrolysis) is 1. The maximum absolute atomic E-state index is 12.4. The maximum atomic E-state index is 12.4. The van der Waals surface area contributed by atoms with Crippen LogP contribution in [0.15, 0.2) is 48.5 Å². The van der Waals surface area contributed by atoms with Crippen LogP contribution in [-0.2, 0) is 14.3 Å². The van der Waals surface area contributed by atoms with Crippen LogP contribution in [0.5, 0.6) is 0 Å². The van der Waals surface area contributed by atoms with Gasteiger partial charge >= 0.3 is 12.1 Å². The Balaban J connectivity index is 1.53. The third-order valence-corrected chi connectivity index (χ3v) is 5.16. The summed E-state index contributed by atoms with van der Waals surface area (Å²) in [6.07, 6.45) is 0.0145. The van der Waals surface area contributed by atoms with Gasteiger partial charge in [-0.05, 0) is 28.7 Å². The predicted octanol–water partition coefficient (Wildman–Crippen LogP) is 2.90. The molecule has 1 aliphatic rings. The van der Waals surface area contributed by atoms with Crippen molar-refractivity contribution in [3.05, 3.63) is 59.7 Å². The van der Waals surface area contributed by atoms with Gasteiger partial charge in [-0.2, -0.15) is 0 Å². The molecule has 160 valence electrons. The zero-order chi connectivity index (χ0) is 22.2. The number of rotatable bonds is 7. The lowest BCUT2D eigenvalue weighted by molar-refractivity contribution is -0.130. The number of carbonyl (C=O) groups excluding carboxylic acids is 2. The highest BCUT2D eigenvalue weighted by Gasteiger charge is 2.29. The molecule has 2 amide bonds. The second kappa shape index (κ2) is 10.3. The standard InChI is InChI=1S/C24H24N2O5/c1-2-16(14-22(27)25-13-7-12-23(28)29)26-24(30)31-15-21-19-10-5-3-8-17(19)18-9-4-6-11-20(18)21/h3-6,8-11,16,21H,2,13-15H2,1H3,(H,25,27)(H,26,30)(H,28,29)/t16-/m1/s1. The average molecular weight is 420 g/mol. The number of carbonyl (C=O) groups is 3. The van der Waals surface area contributed by atoms with E-state index in [1.165, 1.54) is 0 Å². The maximum Gasteiger partial charge on any atom is 0.407 e. The van der Waals surface area contributed by atoms with E-state index in [0.717, 1.165) is 22.3 Å². The number of carboxylic acid groups (broad SMARTS) is 1. The highest BCUT2D eigenvalue weighted by Crippen LogP contribution is 2.44. The summed E-state index contributed by atoms with van der Waals surface area (Å²) >= 11 is 0. The van der Waals surface area contributed by atoms with Crippen LogP contribution in [-0.4, -0.2) is 42.3 Å². The molecule has 3 rings (SSSR count). The molecule has 0 radical (unpaired) electrons. The van der Waals surface area contributed by atoms with Gasteiger partial charge in [0.05, 0.1) is 6.54 Å². The summed E-state index contributed by atoms with van der Waals surface area (Å²) in [5, 5.41) is 13.7. The van der Waals surface area contributed by atoms with Crippen LogP contribution in [0.25, 0.3) is 11.1 Å². The summed E-state index contributed by atoms with van der Waals surface area (Å²) in [4.78, 5) is 34.7. The summed E-state index contributed by atoms with van der Waals surface area (Å²) < 4.78 is 5.51. The van der Waals surface area contributed by atoms with Crippen LogP contribution in [0.2, 0.25) is 0 Å². The van der Waals surface area contributed by atoms with Gasteiger partial charge in [0.25, 0.3) is 0 Å². The van der Waals surface area contributed by atoms with E-state index in [-0.39, 0.29) is 31.4 Å². The quantitative estimate of drug-likeness (QED) is 0.598. The second-order valence-electron chi connectivity index (χ2n) is 7.16. The minimum Gasteiger partial charge on any atom is -0.472 e. The number of hydrogen-bond acceptors (Lipinski definition) is 4. The van der Waals surface area contributed by atoms with Gasteiger partial charge in [-0.1, -0.05) is 61.4 Å². The molecule has 0 unspecified atom stereocenters. The monoisotopic (exact) mass is 420 g/mol. The number of nitrogens with one attached hydrogen (secondary N) is 2. The molecule has 0 heterocycles. The molecule has 0 aliphatic heterocycles. The summed E-state index contributed by atoms with van der Waals surface area (Å²) in [7, 11) is 0. The fourth-order valence-corrected chi connectivity index (χ4v) is 3.66. The minimum atomic E-state index is -1.25. The van der Waals surface area contributed by atoms with Gasteiger partial charge in [-0.15, -0.1) is 0 Å². The lowest BCUT2D eigenvalue weighted by Crippen LogP contribution is -2.39. The van der Waals surface area contributed by atoms with Gasteiger partial charge in [-0.3, -0.25) is 4.79 Å². The molecule has 0 aromatic heterocycles. The van der Waals surface area contributed by atoms with Gasteiger partial charge in [-0.25, -0.2) is 9.59 Å². The van der Waals surface area contributed by atoms with E-state index in [9.17, 15) is 14.4 Å². The zero-order valence-electron chi connectivity index (χ0n) is 17.2. The Morgan fingerprint density at radius 3 is 2.26 bits per heavy atom. The Hall–Kier alpha value is -3.79. The van der Waals surface area contributed by atoms with Crippen molar-refractivity contribution in [2.45, 2.75) is 31.7 Å². The first kappa shape index (κ1) is 21.9. The van der Waals surface area contributed by atoms with Crippen molar-refractivity contribution in [2.75, 3.05) is 13.2 Å². The van der Waals surface area contributed by atoms with Crippen LogP contribution in [0.1, 0.15) is 36.8 Å². The number of ether oxygens (including phenoxy) is 1. The Labute approximate surface area is 180 Å². The van der Waals surface area contributed by atoms with E-state index >= 15 is 0 Å². The number of hydrogen-bond donors (Lipinski definition) is 3. The van der Waals surface area contributed by atoms with Gasteiger partial charge in [0.2, 0.25) is 5.91 Å². The molecular formula is C24H24N2O5. The fraction of sp³-hybridized carbons (Fsp3) is 0.292. The summed E-state index contributed by atoms with van der Waals surface area (Å²) in [5.41, 5.74) is 4.57. The van der Waals surface area contributed by atoms with Crippen molar-refractivity contribution in [3.63, 3.8) is 0 Å². The Kier molecular flexibility index (Phi) is 7.28. The van der Waals surface area contributed by atoms with E-state index in [1.807, 2.05) is 49.2 Å². The zero-order valence-corrected chi connectivity index (χ0v) is 17.2. The van der Waals surface area contributed by atoms with Crippen molar-refractivity contribution >= 4 is 18.0 Å². The fourth-order valence-electron chi connectivity index (χ4n) is 3.66. The number of carboxylic acids is 1. The van der Waals surface area contributed by atoms with E-state index in [0.29, 0.717) is 6.42 Å². The molecule has 0 saturated heterocycles. The number of fused-ring (bicyclic) bond motifs is 3. The first-order valence-corrected chi connectivity index (χ1v) is 10.1. The molecule has 31 heavy (non-hydrogen) atoms. The van der Waals surface area contributed by atoms with Crippen molar-refractivity contribution in [2.24, 2.45) is 0 Å². The lowest BCUT2D eigenvalue weighted by atomic mass is 9.98. The first-order valence-electron chi connectivity index (χ1n) is 10.1. The molecule has 0 bridgehead atoms. The molecule has 0 spiro atoms. The molecule has 1 aliphatic carbocycles. The Morgan fingerprint density at radius 1 is 1.06 bits per heavy atom. The van der Waals surface area contributed by atoms with Crippen molar-refractivity contribution in [1.29, 1.82) is 0 Å². The van der Waals surface area contributed by atoms with Crippen molar-refractivity contribution in [3.8, 4) is 23.0 Å². The highest BCUT2D eigenvalue weighted by atomic mass is 16.5. The SMILES string of the molecule is CC[C@H](CC(=O)NCC#CC(=O)O)NC(=O)OCC1c2ccccc2-c2ccccc21. The summed E-state index contributed by atoms with van der Waals surface area (Å²) in [6, 6.07) is 15.8. The van der Waals surface area contributed by atoms with Gasteiger partial charge in [0.1, 0.15) is 6.61 Å². The summed E-state index contributed by atoms with van der Waals surface area (Å²) in [6.45, 7) is 1.99. The van der Waals surface area contributed by atoms with Gasteiger partial charge in [0.15, 0.2) is 0 Å². The highest BCUT2D eigenvalue weighted by molar-refractivity contribution is 5.86. The molecule has 0 fully saturated rings. The van der Waals surface area contributed by atoms with Crippen molar-refractivity contribution in [1.82, 2.24) is 10.6 Å². The third-order valence-electron chi connectivity index (χ3n) is 5.16. The van der Waals surface area contributed by atoms with Crippen LogP contribution < -0.4 is 10.6 Å². The van der Waals surface area contributed by atoms with Crippen LogP contribution in [0.4, 0.5) is 4.79 Å². The normalized spacial score (nSPS) is 12.5. The molecular weight excluding hydrogens is 396 g/mol. The Bertz CT molecular complexity index is 992. The molecule has 2 aromatic carbocycles. The second-order valence-corrected chi connectivity index (χ2v) is 7.16. The Morgan fingerprint density at radius 2 is 1.68 bits per heavy atom. The molecule has 7 nitrogen and oxygen atoms in total. The molecule has 3 N–H and O–H groups in total. The molecule has 0 saturated carbocycles. The molecule has 2 aromatic rings. The predicted molar refractivity (Wildman–Crippen MR) is 115 cm³/mol. The van der Waals surface area contributed by atoms with E-state index < -0.39 is 18.1 Å². The molecule has 7 heteroatoms. The van der Waals surface area contributed by atoms with Gasteiger partial charge < -0.3 is 20.5 Å². The third kappa shape index (κ3) is 5.64. The van der Waals surface area contributed by atoms with E-state index in [2.05, 4.69) is 28.7 Å². The van der Waals surface area contributed by atoms with Gasteiger partial charge in [0, 0.05) is 24.3 Å². The van der Waals surface area contributed by atoms with Crippen LogP contribution in [0.3, 0.4) is 0 Å². The molecule has 1 atom stereocenters. The number of aliphatic carboxylic acids is 1. The van der Waals surface area contributed by atoms with Crippen LogP contribution in [0, 0.1) is 11.8 Å². The topological polar surface area (TPSA) is 105 Å². The smallest absolute Gasteiger partial charge is 0.407 e. The number of amides is 2. The largest absolute Gasteiger partial charge is 0.472 e. The lowest BCUT2D eigenvalue weighted by Gasteiger charge is -2.18. The average Bonchev–Trinajstić information content (AvgIpc) is 3.08.